The van der Waals surface area contributed by atoms with E-state index in [0.717, 1.165) is 63.9 Å². The molecule has 0 aromatic heterocycles. The fourth-order valence-electron chi connectivity index (χ4n) is 5.77. The second-order valence-corrected chi connectivity index (χ2v) is 9.89. The Balaban J connectivity index is 1.45. The fourth-order valence-corrected chi connectivity index (χ4v) is 5.77. The van der Waals surface area contributed by atoms with Gasteiger partial charge in [0.25, 0.3) is 0 Å². The number of hydrogen-bond acceptors (Lipinski definition) is 4. The van der Waals surface area contributed by atoms with E-state index in [9.17, 15) is 9.59 Å². The molecule has 2 N–H and O–H groups in total. The average Bonchev–Trinajstić information content (AvgIpc) is 3.43. The van der Waals surface area contributed by atoms with Crippen LogP contribution in [0.1, 0.15) is 57.4 Å². The van der Waals surface area contributed by atoms with Crippen LogP contribution in [0.4, 0.5) is 0 Å². The number of carbonyl (C=O) groups is 2. The van der Waals surface area contributed by atoms with Crippen LogP contribution in [0.2, 0.25) is 0 Å². The number of hydrogen-bond donors (Lipinski definition) is 2. The second kappa shape index (κ2) is 11.2. The molecule has 1 aliphatic carbocycles. The molecule has 6 heteroatoms. The molecule has 3 atom stereocenters. The van der Waals surface area contributed by atoms with Crippen molar-refractivity contribution >= 4 is 11.8 Å². The van der Waals surface area contributed by atoms with Crippen molar-refractivity contribution in [2.24, 2.45) is 11.8 Å². The largest absolute Gasteiger partial charge is 0.375 e. The minimum Gasteiger partial charge on any atom is -0.375 e. The molecular weight excluding hydrogens is 412 g/mol. The first kappa shape index (κ1) is 23.8. The lowest BCUT2D eigenvalue weighted by Gasteiger charge is -2.34. The number of likely N-dealkylation sites (tertiary alicyclic amines) is 1. The summed E-state index contributed by atoms with van der Waals surface area (Å²) in [5, 5.41) is 6.25. The Bertz CT molecular complexity index is 830. The Labute approximate surface area is 198 Å². The monoisotopic (exact) mass is 452 g/mol. The van der Waals surface area contributed by atoms with Gasteiger partial charge in [-0.2, -0.15) is 0 Å². The van der Waals surface area contributed by atoms with E-state index in [1.54, 1.807) is 0 Å². The normalized spacial score (nSPS) is 22.6. The first-order valence-corrected chi connectivity index (χ1v) is 12.9. The highest BCUT2D eigenvalue weighted by Gasteiger charge is 2.42. The topological polar surface area (TPSA) is 64.7 Å². The number of nitrogens with zero attached hydrogens (tertiary/aromatic N) is 2. The Morgan fingerprint density at radius 1 is 1.09 bits per heavy atom. The Kier molecular flexibility index (Phi) is 8.07. The van der Waals surface area contributed by atoms with Crippen molar-refractivity contribution in [3.63, 3.8) is 0 Å². The van der Waals surface area contributed by atoms with E-state index in [-0.39, 0.29) is 23.8 Å². The molecule has 0 spiro atoms. The van der Waals surface area contributed by atoms with Crippen molar-refractivity contribution in [3.05, 3.63) is 47.8 Å². The van der Waals surface area contributed by atoms with Crippen LogP contribution in [0.25, 0.3) is 0 Å². The third kappa shape index (κ3) is 5.60. The molecule has 33 heavy (non-hydrogen) atoms. The minimum atomic E-state index is -0.418. The number of benzene rings is 1. The molecule has 0 radical (unpaired) electrons. The average molecular weight is 453 g/mol. The maximum absolute atomic E-state index is 13.8. The van der Waals surface area contributed by atoms with Crippen LogP contribution in [0.5, 0.6) is 0 Å². The number of likely N-dealkylation sites (N-methyl/N-ethyl adjacent to an activating group) is 1. The van der Waals surface area contributed by atoms with E-state index in [0.29, 0.717) is 12.3 Å². The standard InChI is InChI=1S/C27H40N4O2/c1-3-23(28-2)26(32)29-25(21-12-8-5-9-13-21)27(33)31-17-15-22-18-30(19-24(22)31)16-14-20-10-6-4-7-11-20/h4,6-7,10-11,19,21-23,25,28H,3,5,8-9,12-18H2,1-2H3,(H,29,32)/t22-,23?,25+/m1/s1. The lowest BCUT2D eigenvalue weighted by atomic mass is 9.83. The summed E-state index contributed by atoms with van der Waals surface area (Å²) in [6, 6.07) is 9.90. The summed E-state index contributed by atoms with van der Waals surface area (Å²) in [4.78, 5) is 31.1. The van der Waals surface area contributed by atoms with Crippen LogP contribution in [-0.2, 0) is 16.0 Å². The number of carbonyl (C=O) groups excluding carboxylic acids is 2. The van der Waals surface area contributed by atoms with Gasteiger partial charge < -0.3 is 20.4 Å². The first-order valence-electron chi connectivity index (χ1n) is 12.9. The van der Waals surface area contributed by atoms with Crippen molar-refractivity contribution < 1.29 is 9.59 Å². The molecule has 1 aromatic rings. The van der Waals surface area contributed by atoms with E-state index >= 15 is 0 Å². The Hall–Kier alpha value is -2.34. The van der Waals surface area contributed by atoms with Crippen LogP contribution < -0.4 is 10.6 Å². The van der Waals surface area contributed by atoms with Gasteiger partial charge in [0.2, 0.25) is 11.8 Å². The summed E-state index contributed by atoms with van der Waals surface area (Å²) >= 11 is 0. The molecule has 4 rings (SSSR count). The molecule has 2 fully saturated rings. The molecule has 2 aliphatic heterocycles. The van der Waals surface area contributed by atoms with Gasteiger partial charge in [0.15, 0.2) is 0 Å². The van der Waals surface area contributed by atoms with E-state index in [2.05, 4.69) is 52.1 Å². The van der Waals surface area contributed by atoms with Crippen LogP contribution in [0, 0.1) is 11.8 Å². The summed E-state index contributed by atoms with van der Waals surface area (Å²) in [7, 11) is 1.81. The predicted molar refractivity (Wildman–Crippen MR) is 131 cm³/mol. The van der Waals surface area contributed by atoms with Crippen LogP contribution >= 0.6 is 0 Å². The van der Waals surface area contributed by atoms with Crippen molar-refractivity contribution in [1.29, 1.82) is 0 Å². The SMILES string of the molecule is CCC(NC)C(=O)N[C@H](C(=O)N1CC[C@@H]2CN(CCc3ccccc3)C=C21)C1CCCCC1. The lowest BCUT2D eigenvalue weighted by Crippen LogP contribution is -2.55. The van der Waals surface area contributed by atoms with Crippen LogP contribution in [0.15, 0.2) is 42.2 Å². The summed E-state index contributed by atoms with van der Waals surface area (Å²) < 4.78 is 0. The number of fused-ring (bicyclic) bond motifs is 1. The summed E-state index contributed by atoms with van der Waals surface area (Å²) in [6.45, 7) is 4.72. The quantitative estimate of drug-likeness (QED) is 0.603. The van der Waals surface area contributed by atoms with E-state index < -0.39 is 6.04 Å². The highest BCUT2D eigenvalue weighted by molar-refractivity contribution is 5.91. The molecule has 6 nitrogen and oxygen atoms in total. The zero-order valence-corrected chi connectivity index (χ0v) is 20.3. The third-order valence-electron chi connectivity index (χ3n) is 7.76. The molecule has 180 valence electrons. The highest BCUT2D eigenvalue weighted by Crippen LogP contribution is 2.36. The van der Waals surface area contributed by atoms with Gasteiger partial charge in [0.1, 0.15) is 6.04 Å². The smallest absolute Gasteiger partial charge is 0.249 e. The van der Waals surface area contributed by atoms with Gasteiger partial charge in [-0.1, -0.05) is 56.5 Å². The first-order chi connectivity index (χ1) is 16.1. The predicted octanol–water partition coefficient (Wildman–Crippen LogP) is 3.30. The highest BCUT2D eigenvalue weighted by atomic mass is 16.2. The van der Waals surface area contributed by atoms with Gasteiger partial charge in [-0.05, 0) is 50.6 Å². The maximum atomic E-state index is 13.8. The summed E-state index contributed by atoms with van der Waals surface area (Å²) in [5.74, 6) is 0.706. The van der Waals surface area contributed by atoms with E-state index in [1.165, 1.54) is 12.0 Å². The number of rotatable bonds is 9. The third-order valence-corrected chi connectivity index (χ3v) is 7.76. The van der Waals surface area contributed by atoms with Crippen molar-refractivity contribution in [2.45, 2.75) is 70.4 Å². The summed E-state index contributed by atoms with van der Waals surface area (Å²) in [5.41, 5.74) is 2.50. The Morgan fingerprint density at radius 2 is 1.85 bits per heavy atom. The van der Waals surface area contributed by atoms with Crippen LogP contribution in [-0.4, -0.2) is 60.4 Å². The molecule has 0 bridgehead atoms. The second-order valence-electron chi connectivity index (χ2n) is 9.89. The molecule has 1 saturated carbocycles. The van der Waals surface area contributed by atoms with Gasteiger partial charge in [-0.15, -0.1) is 0 Å². The number of nitrogens with one attached hydrogen (secondary N) is 2. The van der Waals surface area contributed by atoms with E-state index in [1.807, 2.05) is 18.9 Å². The molecule has 1 aromatic carbocycles. The van der Waals surface area contributed by atoms with Gasteiger partial charge in [-0.25, -0.2) is 0 Å². The molecule has 2 amide bonds. The van der Waals surface area contributed by atoms with Gasteiger partial charge in [0.05, 0.1) is 6.04 Å². The molecule has 1 unspecified atom stereocenters. The summed E-state index contributed by atoms with van der Waals surface area (Å²) in [6.07, 6.45) is 10.5. The van der Waals surface area contributed by atoms with Gasteiger partial charge >= 0.3 is 0 Å². The van der Waals surface area contributed by atoms with Gasteiger partial charge in [-0.3, -0.25) is 9.59 Å². The van der Waals surface area contributed by atoms with E-state index in [4.69, 9.17) is 0 Å². The molecule has 3 aliphatic rings. The van der Waals surface area contributed by atoms with Crippen molar-refractivity contribution in [2.75, 3.05) is 26.7 Å². The lowest BCUT2D eigenvalue weighted by molar-refractivity contribution is -0.137. The molecular formula is C27H40N4O2. The minimum absolute atomic E-state index is 0.0513. The number of amides is 2. The zero-order valence-electron chi connectivity index (χ0n) is 20.3. The zero-order chi connectivity index (χ0) is 23.2. The molecule has 1 saturated heterocycles. The van der Waals surface area contributed by atoms with Crippen molar-refractivity contribution in [3.8, 4) is 0 Å². The Morgan fingerprint density at radius 3 is 2.55 bits per heavy atom. The maximum Gasteiger partial charge on any atom is 0.249 e. The molecule has 2 heterocycles. The van der Waals surface area contributed by atoms with Crippen molar-refractivity contribution in [1.82, 2.24) is 20.4 Å². The van der Waals surface area contributed by atoms with Crippen LogP contribution in [0.3, 0.4) is 0 Å². The fraction of sp³-hybridized carbons (Fsp3) is 0.630. The van der Waals surface area contributed by atoms with Gasteiger partial charge in [0, 0.05) is 37.4 Å².